The van der Waals surface area contributed by atoms with Gasteiger partial charge in [0.2, 0.25) is 0 Å². The van der Waals surface area contributed by atoms with Crippen LogP contribution in [0.2, 0.25) is 0 Å². The van der Waals surface area contributed by atoms with E-state index in [1.54, 1.807) is 0 Å². The van der Waals surface area contributed by atoms with Crippen molar-refractivity contribution in [2.45, 2.75) is 90.5 Å². The van der Waals surface area contributed by atoms with Gasteiger partial charge in [-0.1, -0.05) is 108 Å². The van der Waals surface area contributed by atoms with E-state index in [0.29, 0.717) is 0 Å². The summed E-state index contributed by atoms with van der Waals surface area (Å²) in [5, 5.41) is 3.54. The van der Waals surface area contributed by atoms with Crippen molar-refractivity contribution >= 4 is 12.4 Å². The van der Waals surface area contributed by atoms with Crippen LogP contribution in [0.3, 0.4) is 0 Å². The molecule has 0 heterocycles. The Balaban J connectivity index is -0.00000161. The van der Waals surface area contributed by atoms with Crippen LogP contribution in [0.4, 0.5) is 0 Å². The number of unbranched alkanes of at least 4 members (excludes halogenated alkanes) is 11. The van der Waals surface area contributed by atoms with Gasteiger partial charge in [0, 0.05) is 6.54 Å². The van der Waals surface area contributed by atoms with E-state index < -0.39 is 0 Å². The van der Waals surface area contributed by atoms with E-state index in [-0.39, 0.29) is 23.4 Å². The Morgan fingerprint density at radius 2 is 1.08 bits per heavy atom. The fourth-order valence-electron chi connectivity index (χ4n) is 2.92. The van der Waals surface area contributed by atoms with Crippen LogP contribution in [0.5, 0.6) is 0 Å². The number of hydrogen-bond acceptors (Lipinski definition) is 1. The van der Waals surface area contributed by atoms with E-state index in [4.69, 9.17) is 0 Å². The number of halogens is 1. The highest BCUT2D eigenvalue weighted by Gasteiger charge is 1.94. The summed E-state index contributed by atoms with van der Waals surface area (Å²) in [5.74, 6) is 0. The van der Waals surface area contributed by atoms with Crippen LogP contribution in [-0.4, -0.2) is 17.5 Å². The monoisotopic (exact) mass is 375 g/mol. The predicted octanol–water partition coefficient (Wildman–Crippen LogP) is 5.25. The lowest BCUT2D eigenvalue weighted by Crippen LogP contribution is -2.14. The summed E-state index contributed by atoms with van der Waals surface area (Å²) >= 11 is 0. The van der Waals surface area contributed by atoms with Gasteiger partial charge in [-0.25, -0.2) is 0 Å². The molecule has 0 saturated carbocycles. The van der Waals surface area contributed by atoms with E-state index in [2.05, 4.69) is 42.6 Å². The van der Waals surface area contributed by atoms with Crippen molar-refractivity contribution in [3.63, 3.8) is 0 Å². The Hall–Kier alpha value is -0.610. The van der Waals surface area contributed by atoms with Gasteiger partial charge >= 0.3 is 0 Å². The molecule has 0 aliphatic rings. The van der Waals surface area contributed by atoms with Crippen molar-refractivity contribution in [1.82, 2.24) is 5.32 Å². The molecule has 0 spiro atoms. The lowest BCUT2D eigenvalue weighted by atomic mass is 10.1. The summed E-state index contributed by atoms with van der Waals surface area (Å²) in [4.78, 5) is 0. The smallest absolute Gasteiger partial charge is 0.0205 e. The largest absolute Gasteiger partial charge is 0.412 e. The molecule has 0 aromatic heterocycles. The van der Waals surface area contributed by atoms with E-state index in [9.17, 15) is 0 Å². The fourth-order valence-corrected chi connectivity index (χ4v) is 2.92. The molecule has 1 aromatic rings. The molecule has 0 fully saturated rings. The maximum Gasteiger partial charge on any atom is 0.0205 e. The first-order valence-electron chi connectivity index (χ1n) is 9.68. The quantitative estimate of drug-likeness (QED) is 0.417. The Labute approximate surface area is 162 Å². The molecule has 1 aromatic carbocycles. The van der Waals surface area contributed by atoms with E-state index in [0.717, 1.165) is 13.1 Å². The van der Waals surface area contributed by atoms with E-state index in [1.165, 1.54) is 82.6 Å². The number of benzene rings is 1. The molecule has 4 heteroatoms. The third-order valence-corrected chi connectivity index (χ3v) is 4.38. The van der Waals surface area contributed by atoms with Crippen molar-refractivity contribution in [2.75, 3.05) is 6.54 Å². The minimum absolute atomic E-state index is 0. The molecule has 3 nitrogen and oxygen atoms in total. The van der Waals surface area contributed by atoms with Gasteiger partial charge in [0.25, 0.3) is 0 Å². The maximum atomic E-state index is 3.54. The van der Waals surface area contributed by atoms with Gasteiger partial charge in [-0.3, -0.25) is 0 Å². The number of nitrogens with one attached hydrogen (secondary N) is 1. The van der Waals surface area contributed by atoms with Gasteiger partial charge < -0.3 is 16.3 Å². The first kappa shape index (κ1) is 29.2. The summed E-state index contributed by atoms with van der Waals surface area (Å²) < 4.78 is 0. The lowest BCUT2D eigenvalue weighted by molar-refractivity contribution is 0.535. The van der Waals surface area contributed by atoms with Crippen molar-refractivity contribution in [2.24, 2.45) is 0 Å². The van der Waals surface area contributed by atoms with Gasteiger partial charge in [-0.15, -0.1) is 12.4 Å². The topological polar surface area (TPSA) is 75.0 Å². The molecule has 0 amide bonds. The van der Waals surface area contributed by atoms with Crippen molar-refractivity contribution in [3.8, 4) is 0 Å². The average molecular weight is 376 g/mol. The van der Waals surface area contributed by atoms with Crippen molar-refractivity contribution in [1.29, 1.82) is 0 Å². The highest BCUT2D eigenvalue weighted by Crippen LogP contribution is 2.11. The summed E-state index contributed by atoms with van der Waals surface area (Å²) in [6.45, 7) is 4.46. The van der Waals surface area contributed by atoms with Gasteiger partial charge in [0.1, 0.15) is 0 Å². The zero-order valence-electron chi connectivity index (χ0n) is 16.2. The maximum absolute atomic E-state index is 3.54. The molecule has 5 N–H and O–H groups in total. The summed E-state index contributed by atoms with van der Waals surface area (Å²) in [7, 11) is 0. The molecule has 0 aliphatic heterocycles. The Kier molecular flexibility index (Phi) is 27.3. The molecule has 1 rings (SSSR count). The summed E-state index contributed by atoms with van der Waals surface area (Å²) in [6.07, 6.45) is 17.1. The zero-order chi connectivity index (χ0) is 15.7. The van der Waals surface area contributed by atoms with Gasteiger partial charge in [-0.05, 0) is 18.5 Å². The Morgan fingerprint density at radius 3 is 1.56 bits per heavy atom. The molecule has 0 saturated heterocycles. The van der Waals surface area contributed by atoms with Gasteiger partial charge in [0.15, 0.2) is 0 Å². The molecule has 150 valence electrons. The molecule has 0 bridgehead atoms. The van der Waals surface area contributed by atoms with E-state index >= 15 is 0 Å². The molecule has 0 aliphatic carbocycles. The third-order valence-electron chi connectivity index (χ3n) is 4.38. The van der Waals surface area contributed by atoms with Crippen LogP contribution in [0.1, 0.15) is 89.5 Å². The average Bonchev–Trinajstić information content (AvgIpc) is 2.56. The van der Waals surface area contributed by atoms with Crippen molar-refractivity contribution in [3.05, 3.63) is 35.9 Å². The SMILES string of the molecule is CCCCCCCCCCCCCCNCc1ccccc1.Cl.O.O. The lowest BCUT2D eigenvalue weighted by Gasteiger charge is -2.05. The number of hydrogen-bond donors (Lipinski definition) is 1. The Morgan fingerprint density at radius 1 is 0.640 bits per heavy atom. The summed E-state index contributed by atoms with van der Waals surface area (Å²) in [6, 6.07) is 10.7. The highest BCUT2D eigenvalue weighted by molar-refractivity contribution is 5.85. The molecule has 0 atom stereocenters. The van der Waals surface area contributed by atoms with E-state index in [1.807, 2.05) is 0 Å². The van der Waals surface area contributed by atoms with Crippen LogP contribution in [0.25, 0.3) is 0 Å². The highest BCUT2D eigenvalue weighted by atomic mass is 35.5. The Bertz CT molecular complexity index is 336. The van der Waals surface area contributed by atoms with Gasteiger partial charge in [-0.2, -0.15) is 0 Å². The first-order valence-corrected chi connectivity index (χ1v) is 9.68. The summed E-state index contributed by atoms with van der Waals surface area (Å²) in [5.41, 5.74) is 1.39. The van der Waals surface area contributed by atoms with Gasteiger partial charge in [0.05, 0.1) is 0 Å². The number of rotatable bonds is 15. The molecular formula is C21H42ClNO2. The molecule has 25 heavy (non-hydrogen) atoms. The third kappa shape index (κ3) is 19.6. The second-order valence-electron chi connectivity index (χ2n) is 6.55. The zero-order valence-corrected chi connectivity index (χ0v) is 17.0. The predicted molar refractivity (Wildman–Crippen MR) is 114 cm³/mol. The standard InChI is InChI=1S/C21H37N.ClH.2H2O/c1-2-3-4-5-6-7-8-9-10-11-12-16-19-22-20-21-17-14-13-15-18-21;;;/h13-15,17-18,22H,2-12,16,19-20H2,1H3;1H;2*1H2. The fraction of sp³-hybridized carbons (Fsp3) is 0.714. The first-order chi connectivity index (χ1) is 10.9. The van der Waals surface area contributed by atoms with Crippen LogP contribution in [0.15, 0.2) is 30.3 Å². The minimum atomic E-state index is 0. The molecule has 0 unspecified atom stereocenters. The van der Waals surface area contributed by atoms with Crippen LogP contribution >= 0.6 is 12.4 Å². The van der Waals surface area contributed by atoms with Crippen molar-refractivity contribution < 1.29 is 11.0 Å². The molecule has 0 radical (unpaired) electrons. The second kappa shape index (κ2) is 23.4. The van der Waals surface area contributed by atoms with Crippen LogP contribution in [-0.2, 0) is 6.54 Å². The molecular weight excluding hydrogens is 334 g/mol. The second-order valence-corrected chi connectivity index (χ2v) is 6.55. The normalized spacial score (nSPS) is 9.64. The van der Waals surface area contributed by atoms with Crippen LogP contribution < -0.4 is 5.32 Å². The minimum Gasteiger partial charge on any atom is -0.412 e. The van der Waals surface area contributed by atoms with Crippen LogP contribution in [0, 0.1) is 0 Å².